The first-order valence-corrected chi connectivity index (χ1v) is 11.7. The van der Waals surface area contributed by atoms with Crippen molar-refractivity contribution in [3.8, 4) is 22.9 Å². The summed E-state index contributed by atoms with van der Waals surface area (Å²) in [5.41, 5.74) is 2.91. The molecule has 4 aromatic rings. The number of rotatable bonds is 8. The minimum atomic E-state index is 0.0919. The van der Waals surface area contributed by atoms with Crippen LogP contribution in [-0.4, -0.2) is 66.9 Å². The number of ether oxygens (including phenoxy) is 3. The van der Waals surface area contributed by atoms with Gasteiger partial charge in [0.05, 0.1) is 39.0 Å². The predicted molar refractivity (Wildman–Crippen MR) is 136 cm³/mol. The molecule has 0 saturated carbocycles. The third kappa shape index (κ3) is 5.03. The Morgan fingerprint density at radius 2 is 1.80 bits per heavy atom. The Hall–Kier alpha value is -3.75. The first kappa shape index (κ1) is 23.0. The molecule has 8 nitrogen and oxygen atoms in total. The smallest absolute Gasteiger partial charge is 0.163 e. The Kier molecular flexibility index (Phi) is 7.02. The van der Waals surface area contributed by atoms with Crippen LogP contribution < -0.4 is 14.8 Å². The van der Waals surface area contributed by atoms with Gasteiger partial charge >= 0.3 is 0 Å². The molecule has 1 saturated heterocycles. The lowest BCUT2D eigenvalue weighted by Crippen LogP contribution is -2.41. The number of anilines is 1. The summed E-state index contributed by atoms with van der Waals surface area (Å²) in [4.78, 5) is 16.3. The maximum atomic E-state index is 5.62. The van der Waals surface area contributed by atoms with Crippen LogP contribution in [0.5, 0.6) is 11.5 Å². The van der Waals surface area contributed by atoms with Crippen LogP contribution in [0.3, 0.4) is 0 Å². The van der Waals surface area contributed by atoms with E-state index in [1.165, 1.54) is 0 Å². The monoisotopic (exact) mass is 471 g/mol. The Bertz CT molecular complexity index is 1280. The average Bonchev–Trinajstić information content (AvgIpc) is 2.94. The Labute approximate surface area is 204 Å². The van der Waals surface area contributed by atoms with Crippen LogP contribution >= 0.6 is 0 Å². The highest BCUT2D eigenvalue weighted by Gasteiger charge is 2.24. The summed E-state index contributed by atoms with van der Waals surface area (Å²) < 4.78 is 16.7. The van der Waals surface area contributed by atoms with Crippen LogP contribution in [0.4, 0.5) is 5.82 Å². The highest BCUT2D eigenvalue weighted by molar-refractivity contribution is 5.90. The second-order valence-electron chi connectivity index (χ2n) is 8.31. The number of pyridine rings is 1. The lowest BCUT2D eigenvalue weighted by molar-refractivity contribution is 0.0186. The summed E-state index contributed by atoms with van der Waals surface area (Å²) in [5.74, 6) is 2.88. The molecule has 35 heavy (non-hydrogen) atoms. The zero-order valence-electron chi connectivity index (χ0n) is 20.0. The molecule has 2 aromatic carbocycles. The number of benzene rings is 2. The Morgan fingerprint density at radius 1 is 0.971 bits per heavy atom. The zero-order valence-corrected chi connectivity index (χ0v) is 20.0. The van der Waals surface area contributed by atoms with Crippen molar-refractivity contribution in [2.45, 2.75) is 6.04 Å². The van der Waals surface area contributed by atoms with Crippen LogP contribution in [0.2, 0.25) is 0 Å². The van der Waals surface area contributed by atoms with Crippen molar-refractivity contribution < 1.29 is 14.2 Å². The first-order chi connectivity index (χ1) is 17.3. The molecule has 2 aromatic heterocycles. The van der Waals surface area contributed by atoms with E-state index in [1.54, 1.807) is 26.6 Å². The van der Waals surface area contributed by atoms with E-state index in [4.69, 9.17) is 24.2 Å². The van der Waals surface area contributed by atoms with E-state index in [0.717, 1.165) is 46.7 Å². The lowest BCUT2D eigenvalue weighted by Gasteiger charge is -2.35. The number of nitrogens with one attached hydrogen (secondary N) is 1. The number of nitrogens with zero attached hydrogens (tertiary/aromatic N) is 4. The molecular formula is C27H29N5O3. The third-order valence-electron chi connectivity index (χ3n) is 6.26. The van der Waals surface area contributed by atoms with E-state index in [-0.39, 0.29) is 6.04 Å². The molecule has 1 aliphatic heterocycles. The molecule has 0 spiro atoms. The standard InChI is InChI=1S/C27H29N5O3/c1-33-24-10-9-19(16-25(24)34-2)23(32-12-14-35-15-13-32)18-29-27-21-7-3-4-8-22(21)30-26(31-27)20-6-5-11-28-17-20/h3-11,16-17,23H,12-15,18H2,1-2H3,(H,29,30,31)/t23-/m1/s1. The van der Waals surface area contributed by atoms with Gasteiger partial charge < -0.3 is 19.5 Å². The van der Waals surface area contributed by atoms with Gasteiger partial charge in [0.25, 0.3) is 0 Å². The first-order valence-electron chi connectivity index (χ1n) is 11.7. The van der Waals surface area contributed by atoms with Crippen molar-refractivity contribution in [3.63, 3.8) is 0 Å². The molecule has 8 heteroatoms. The lowest BCUT2D eigenvalue weighted by atomic mass is 10.0. The minimum absolute atomic E-state index is 0.0919. The molecule has 1 atom stereocenters. The molecule has 1 aliphatic rings. The van der Waals surface area contributed by atoms with Gasteiger partial charge in [-0.3, -0.25) is 9.88 Å². The number of methoxy groups -OCH3 is 2. The summed E-state index contributed by atoms with van der Waals surface area (Å²) in [5, 5.41) is 4.61. The molecule has 5 rings (SSSR count). The van der Waals surface area contributed by atoms with Crippen LogP contribution in [-0.2, 0) is 4.74 Å². The summed E-state index contributed by atoms with van der Waals surface area (Å²) >= 11 is 0. The molecule has 0 amide bonds. The normalized spacial score (nSPS) is 15.0. The van der Waals surface area contributed by atoms with Crippen molar-refractivity contribution in [3.05, 3.63) is 72.6 Å². The maximum absolute atomic E-state index is 5.62. The number of morpholine rings is 1. The van der Waals surface area contributed by atoms with E-state index in [9.17, 15) is 0 Å². The second kappa shape index (κ2) is 10.7. The van der Waals surface area contributed by atoms with E-state index in [1.807, 2.05) is 42.5 Å². The van der Waals surface area contributed by atoms with Gasteiger partial charge in [-0.05, 0) is 42.0 Å². The van der Waals surface area contributed by atoms with Gasteiger partial charge in [0.15, 0.2) is 17.3 Å². The van der Waals surface area contributed by atoms with Gasteiger partial charge in [0.2, 0.25) is 0 Å². The molecule has 0 aliphatic carbocycles. The van der Waals surface area contributed by atoms with Crippen molar-refractivity contribution in [2.75, 3.05) is 52.4 Å². The van der Waals surface area contributed by atoms with Crippen LogP contribution in [0.15, 0.2) is 67.0 Å². The van der Waals surface area contributed by atoms with Crippen LogP contribution in [0, 0.1) is 0 Å². The second-order valence-corrected chi connectivity index (χ2v) is 8.31. The number of aromatic nitrogens is 3. The van der Waals surface area contributed by atoms with Crippen molar-refractivity contribution in [1.29, 1.82) is 0 Å². The number of hydrogen-bond donors (Lipinski definition) is 1. The van der Waals surface area contributed by atoms with Crippen molar-refractivity contribution in [1.82, 2.24) is 19.9 Å². The van der Waals surface area contributed by atoms with Gasteiger partial charge in [-0.15, -0.1) is 0 Å². The predicted octanol–water partition coefficient (Wildman–Crippen LogP) is 4.19. The largest absolute Gasteiger partial charge is 0.493 e. The highest BCUT2D eigenvalue weighted by atomic mass is 16.5. The Balaban J connectivity index is 1.49. The van der Waals surface area contributed by atoms with Crippen molar-refractivity contribution >= 4 is 16.7 Å². The summed E-state index contributed by atoms with van der Waals surface area (Å²) in [6, 6.07) is 18.1. The quantitative estimate of drug-likeness (QED) is 0.410. The average molecular weight is 472 g/mol. The molecular weight excluding hydrogens is 442 g/mol. The fourth-order valence-electron chi connectivity index (χ4n) is 4.44. The minimum Gasteiger partial charge on any atom is -0.493 e. The number of para-hydroxylation sites is 1. The van der Waals surface area contributed by atoms with E-state index in [2.05, 4.69) is 27.3 Å². The maximum Gasteiger partial charge on any atom is 0.163 e. The molecule has 3 heterocycles. The number of fused-ring (bicyclic) bond motifs is 1. The van der Waals surface area contributed by atoms with Gasteiger partial charge in [0, 0.05) is 43.0 Å². The number of hydrogen-bond acceptors (Lipinski definition) is 8. The van der Waals surface area contributed by atoms with Gasteiger partial charge in [0.1, 0.15) is 5.82 Å². The fourth-order valence-corrected chi connectivity index (χ4v) is 4.44. The molecule has 0 radical (unpaired) electrons. The van der Waals surface area contributed by atoms with E-state index < -0.39 is 0 Å². The SMILES string of the molecule is COc1ccc([C@@H](CNc2nc(-c3cccnc3)nc3ccccc23)N2CCOCC2)cc1OC. The van der Waals surface area contributed by atoms with Crippen molar-refractivity contribution in [2.24, 2.45) is 0 Å². The molecule has 0 unspecified atom stereocenters. The molecule has 0 bridgehead atoms. The topological polar surface area (TPSA) is 81.6 Å². The molecule has 1 N–H and O–H groups in total. The summed E-state index contributed by atoms with van der Waals surface area (Å²) in [7, 11) is 3.31. The summed E-state index contributed by atoms with van der Waals surface area (Å²) in [6.07, 6.45) is 3.54. The van der Waals surface area contributed by atoms with Crippen LogP contribution in [0.25, 0.3) is 22.3 Å². The zero-order chi connectivity index (χ0) is 24.0. The molecule has 1 fully saturated rings. The fraction of sp³-hybridized carbons (Fsp3) is 0.296. The van der Waals surface area contributed by atoms with Crippen LogP contribution in [0.1, 0.15) is 11.6 Å². The van der Waals surface area contributed by atoms with E-state index in [0.29, 0.717) is 31.3 Å². The molecule has 180 valence electrons. The van der Waals surface area contributed by atoms with E-state index >= 15 is 0 Å². The third-order valence-corrected chi connectivity index (χ3v) is 6.26. The van der Waals surface area contributed by atoms with Gasteiger partial charge in [-0.25, -0.2) is 9.97 Å². The van der Waals surface area contributed by atoms with Gasteiger partial charge in [-0.2, -0.15) is 0 Å². The highest BCUT2D eigenvalue weighted by Crippen LogP contribution is 2.33. The van der Waals surface area contributed by atoms with Gasteiger partial charge in [-0.1, -0.05) is 18.2 Å². The summed E-state index contributed by atoms with van der Waals surface area (Å²) in [6.45, 7) is 3.79. The Morgan fingerprint density at radius 3 is 2.57 bits per heavy atom.